The van der Waals surface area contributed by atoms with Crippen LogP contribution >= 0.6 is 0 Å². The van der Waals surface area contributed by atoms with Crippen LogP contribution in [0, 0.1) is 6.92 Å². The van der Waals surface area contributed by atoms with Crippen LogP contribution in [0.1, 0.15) is 11.1 Å². The van der Waals surface area contributed by atoms with Gasteiger partial charge >= 0.3 is 0 Å². The Kier molecular flexibility index (Phi) is 4.20. The third-order valence-corrected chi connectivity index (χ3v) is 5.92. The fourth-order valence-corrected chi connectivity index (χ4v) is 3.86. The second-order valence-corrected chi connectivity index (χ2v) is 8.99. The van der Waals surface area contributed by atoms with Gasteiger partial charge in [-0.2, -0.15) is 0 Å². The monoisotopic (exact) mass is 324 g/mol. The van der Waals surface area contributed by atoms with Crippen molar-refractivity contribution in [2.75, 3.05) is 6.26 Å². The summed E-state index contributed by atoms with van der Waals surface area (Å²) >= 11 is 0. The molecule has 0 unspecified atom stereocenters. The highest BCUT2D eigenvalue weighted by molar-refractivity contribution is 7.91. The summed E-state index contributed by atoms with van der Waals surface area (Å²) in [7, 11) is -6.70. The minimum absolute atomic E-state index is 0.153. The summed E-state index contributed by atoms with van der Waals surface area (Å²) in [6.07, 6.45) is 1.12. The lowest BCUT2D eigenvalue weighted by Gasteiger charge is -2.06. The minimum Gasteiger partial charge on any atom is -0.224 e. The zero-order valence-corrected chi connectivity index (χ0v) is 13.4. The molecule has 2 rings (SSSR count). The fraction of sp³-hybridized carbons (Fsp3) is 0.200. The Hall–Kier alpha value is -1.66. The maximum Gasteiger partial charge on any atom is 0.182 e. The van der Waals surface area contributed by atoms with Crippen molar-refractivity contribution in [3.05, 3.63) is 59.7 Å². The van der Waals surface area contributed by atoms with Crippen molar-refractivity contribution in [2.24, 2.45) is 0 Å². The van der Waals surface area contributed by atoms with E-state index >= 15 is 0 Å². The molecule has 21 heavy (non-hydrogen) atoms. The van der Waals surface area contributed by atoms with Crippen LogP contribution in [0.5, 0.6) is 0 Å². The summed E-state index contributed by atoms with van der Waals surface area (Å²) in [6, 6.07) is 12.6. The molecule has 0 atom stereocenters. The van der Waals surface area contributed by atoms with E-state index in [1.807, 2.05) is 6.92 Å². The van der Waals surface area contributed by atoms with Crippen molar-refractivity contribution in [1.82, 2.24) is 0 Å². The Morgan fingerprint density at radius 1 is 0.762 bits per heavy atom. The number of sulfone groups is 2. The van der Waals surface area contributed by atoms with Crippen LogP contribution in [0.3, 0.4) is 0 Å². The molecule has 0 N–H and O–H groups in total. The molecule has 4 nitrogen and oxygen atoms in total. The lowest BCUT2D eigenvalue weighted by molar-refractivity contribution is 0.595. The number of rotatable bonds is 4. The molecular weight excluding hydrogens is 308 g/mol. The van der Waals surface area contributed by atoms with Gasteiger partial charge in [0.2, 0.25) is 0 Å². The molecule has 0 bridgehead atoms. The molecule has 0 aliphatic heterocycles. The van der Waals surface area contributed by atoms with E-state index in [4.69, 9.17) is 0 Å². The summed E-state index contributed by atoms with van der Waals surface area (Å²) in [6.45, 7) is 1.89. The van der Waals surface area contributed by atoms with E-state index in [2.05, 4.69) is 0 Å². The SMILES string of the molecule is Cc1ccc(S(=O)(=O)Cc2ccc(S(C)(=O)=O)cc2)cc1. The van der Waals surface area contributed by atoms with Gasteiger partial charge in [-0.1, -0.05) is 29.8 Å². The first kappa shape index (κ1) is 15.7. The maximum absolute atomic E-state index is 12.3. The summed E-state index contributed by atoms with van der Waals surface area (Å²) in [5.41, 5.74) is 1.55. The first-order valence-electron chi connectivity index (χ1n) is 6.27. The van der Waals surface area contributed by atoms with Crippen molar-refractivity contribution < 1.29 is 16.8 Å². The van der Waals surface area contributed by atoms with Gasteiger partial charge in [-0.15, -0.1) is 0 Å². The van der Waals surface area contributed by atoms with Crippen LogP contribution in [0.4, 0.5) is 0 Å². The molecule has 2 aromatic carbocycles. The van der Waals surface area contributed by atoms with Crippen LogP contribution < -0.4 is 0 Å². The van der Waals surface area contributed by atoms with Gasteiger partial charge in [-0.25, -0.2) is 16.8 Å². The van der Waals surface area contributed by atoms with E-state index in [0.717, 1.165) is 11.8 Å². The van der Waals surface area contributed by atoms with E-state index in [0.29, 0.717) is 5.56 Å². The molecule has 0 aliphatic rings. The molecule has 0 saturated heterocycles. The Morgan fingerprint density at radius 3 is 1.71 bits per heavy atom. The molecule has 0 aromatic heterocycles. The van der Waals surface area contributed by atoms with E-state index in [1.165, 1.54) is 24.3 Å². The van der Waals surface area contributed by atoms with Crippen molar-refractivity contribution in [3.8, 4) is 0 Å². The van der Waals surface area contributed by atoms with Crippen molar-refractivity contribution in [3.63, 3.8) is 0 Å². The van der Waals surface area contributed by atoms with Crippen LogP contribution in [-0.2, 0) is 25.4 Å². The number of hydrogen-bond acceptors (Lipinski definition) is 4. The average Bonchev–Trinajstić information content (AvgIpc) is 2.38. The summed E-state index contributed by atoms with van der Waals surface area (Å²) in [5.74, 6) is -0.153. The van der Waals surface area contributed by atoms with Gasteiger partial charge in [-0.3, -0.25) is 0 Å². The fourth-order valence-electron chi connectivity index (χ4n) is 1.88. The van der Waals surface area contributed by atoms with Gasteiger partial charge in [0.05, 0.1) is 15.5 Å². The standard InChI is InChI=1S/C15H16O4S2/c1-12-3-7-15(8-4-12)21(18,19)11-13-5-9-14(10-6-13)20(2,16)17/h3-10H,11H2,1-2H3. The van der Waals surface area contributed by atoms with Gasteiger partial charge in [0, 0.05) is 6.26 Å². The molecule has 0 fully saturated rings. The third kappa shape index (κ3) is 3.92. The first-order valence-corrected chi connectivity index (χ1v) is 9.81. The predicted molar refractivity (Wildman–Crippen MR) is 81.6 cm³/mol. The molecule has 0 amide bonds. The lowest BCUT2D eigenvalue weighted by Crippen LogP contribution is -2.05. The first-order chi connectivity index (χ1) is 9.68. The summed E-state index contributed by atoms with van der Waals surface area (Å²) in [5, 5.41) is 0. The summed E-state index contributed by atoms with van der Waals surface area (Å²) < 4.78 is 47.3. The average molecular weight is 324 g/mol. The van der Waals surface area contributed by atoms with Crippen LogP contribution in [-0.4, -0.2) is 23.1 Å². The van der Waals surface area contributed by atoms with Crippen molar-refractivity contribution in [1.29, 1.82) is 0 Å². The Morgan fingerprint density at radius 2 is 1.24 bits per heavy atom. The zero-order chi connectivity index (χ0) is 15.7. The Bertz CT molecular complexity index is 832. The van der Waals surface area contributed by atoms with E-state index in [9.17, 15) is 16.8 Å². The van der Waals surface area contributed by atoms with Crippen LogP contribution in [0.15, 0.2) is 58.3 Å². The van der Waals surface area contributed by atoms with Crippen molar-refractivity contribution >= 4 is 19.7 Å². The van der Waals surface area contributed by atoms with Crippen LogP contribution in [0.25, 0.3) is 0 Å². The maximum atomic E-state index is 12.3. The number of aryl methyl sites for hydroxylation is 1. The number of hydrogen-bond donors (Lipinski definition) is 0. The number of benzene rings is 2. The molecule has 0 heterocycles. The van der Waals surface area contributed by atoms with Gasteiger partial charge in [-0.05, 0) is 36.8 Å². The minimum atomic E-state index is -3.43. The second kappa shape index (κ2) is 5.61. The van der Waals surface area contributed by atoms with Crippen LogP contribution in [0.2, 0.25) is 0 Å². The van der Waals surface area contributed by atoms with Gasteiger partial charge in [0.25, 0.3) is 0 Å². The molecule has 112 valence electrons. The summed E-state index contributed by atoms with van der Waals surface area (Å²) in [4.78, 5) is 0.444. The molecule has 0 aliphatic carbocycles. The van der Waals surface area contributed by atoms with E-state index < -0.39 is 19.7 Å². The van der Waals surface area contributed by atoms with E-state index in [1.54, 1.807) is 24.3 Å². The Balaban J connectivity index is 2.27. The smallest absolute Gasteiger partial charge is 0.182 e. The third-order valence-electron chi connectivity index (χ3n) is 3.09. The molecular formula is C15H16O4S2. The molecule has 0 spiro atoms. The normalized spacial score (nSPS) is 12.3. The topological polar surface area (TPSA) is 68.3 Å². The van der Waals surface area contributed by atoms with E-state index in [-0.39, 0.29) is 15.5 Å². The Labute approximate surface area is 125 Å². The molecule has 0 saturated carbocycles. The lowest BCUT2D eigenvalue weighted by atomic mass is 10.2. The zero-order valence-electron chi connectivity index (χ0n) is 11.8. The molecule has 2 aromatic rings. The van der Waals surface area contributed by atoms with Gasteiger partial charge in [0.15, 0.2) is 19.7 Å². The molecule has 0 radical (unpaired) electrons. The highest BCUT2D eigenvalue weighted by Gasteiger charge is 2.15. The predicted octanol–water partition coefficient (Wildman–Crippen LogP) is 2.37. The largest absolute Gasteiger partial charge is 0.224 e. The van der Waals surface area contributed by atoms with Crippen molar-refractivity contribution in [2.45, 2.75) is 22.5 Å². The quantitative estimate of drug-likeness (QED) is 0.866. The molecule has 6 heteroatoms. The van der Waals surface area contributed by atoms with Gasteiger partial charge in [0.1, 0.15) is 0 Å². The van der Waals surface area contributed by atoms with Gasteiger partial charge < -0.3 is 0 Å². The highest BCUT2D eigenvalue weighted by Crippen LogP contribution is 2.18. The highest BCUT2D eigenvalue weighted by atomic mass is 32.2. The second-order valence-electron chi connectivity index (χ2n) is 4.99.